The highest BCUT2D eigenvalue weighted by atomic mass is 35.5. The Labute approximate surface area is 190 Å². The first kappa shape index (κ1) is 23.1. The molecule has 31 heavy (non-hydrogen) atoms. The van der Waals surface area contributed by atoms with Gasteiger partial charge in [0.1, 0.15) is 0 Å². The van der Waals surface area contributed by atoms with Gasteiger partial charge in [0.15, 0.2) is 0 Å². The van der Waals surface area contributed by atoms with Gasteiger partial charge in [-0.25, -0.2) is 0 Å². The number of hydrogen-bond acceptors (Lipinski definition) is 2. The van der Waals surface area contributed by atoms with Crippen molar-refractivity contribution >= 4 is 29.1 Å². The van der Waals surface area contributed by atoms with E-state index in [-0.39, 0.29) is 17.7 Å². The van der Waals surface area contributed by atoms with Crippen LogP contribution >= 0.6 is 11.6 Å². The van der Waals surface area contributed by atoms with Crippen molar-refractivity contribution in [1.29, 1.82) is 0 Å². The van der Waals surface area contributed by atoms with Crippen molar-refractivity contribution in [3.8, 4) is 0 Å². The number of halogens is 1. The minimum atomic E-state index is -0.265. The number of unbranched alkanes of at least 4 members (excludes halogenated alkanes) is 1. The van der Waals surface area contributed by atoms with E-state index >= 15 is 0 Å². The predicted molar refractivity (Wildman–Crippen MR) is 127 cm³/mol. The fraction of sp³-hybridized carbons (Fsp3) is 0.385. The van der Waals surface area contributed by atoms with Crippen molar-refractivity contribution < 1.29 is 9.59 Å². The fourth-order valence-corrected chi connectivity index (χ4v) is 4.12. The molecule has 0 saturated carbocycles. The van der Waals surface area contributed by atoms with Gasteiger partial charge >= 0.3 is 0 Å². The summed E-state index contributed by atoms with van der Waals surface area (Å²) in [4.78, 5) is 27.8. The van der Waals surface area contributed by atoms with Crippen LogP contribution in [0.15, 0.2) is 60.7 Å². The van der Waals surface area contributed by atoms with E-state index in [1.807, 2.05) is 65.6 Å². The maximum atomic E-state index is 13.0. The van der Waals surface area contributed by atoms with Gasteiger partial charge in [-0.2, -0.15) is 0 Å². The Morgan fingerprint density at radius 2 is 1.87 bits per heavy atom. The van der Waals surface area contributed by atoms with Crippen LogP contribution in [0.4, 0.5) is 0 Å². The molecule has 0 spiro atoms. The maximum absolute atomic E-state index is 13.0. The number of amides is 2. The summed E-state index contributed by atoms with van der Waals surface area (Å²) in [5.74, 6) is -0.120. The molecule has 1 heterocycles. The lowest BCUT2D eigenvalue weighted by atomic mass is 9.94. The normalized spacial score (nSPS) is 18.6. The standard InChI is InChI=1S/C26H31ClN2O2/c1-2-3-18-29-24(21-11-5-4-6-12-21)19-22(13-9-15-25(29)30)26(31)28-17-16-20-10-7-8-14-23(20)27/h4-8,10-12,14,19,22H,2-3,9,13,15-18H2,1H3,(H,28,31)/b24-19-. The van der Waals surface area contributed by atoms with E-state index in [0.717, 1.165) is 34.7 Å². The molecule has 0 radical (unpaired) electrons. The minimum absolute atomic E-state index is 0.00488. The van der Waals surface area contributed by atoms with Gasteiger partial charge in [-0.3, -0.25) is 9.59 Å². The summed E-state index contributed by atoms with van der Waals surface area (Å²) in [7, 11) is 0. The largest absolute Gasteiger partial charge is 0.355 e. The van der Waals surface area contributed by atoms with Crippen LogP contribution in [0.3, 0.4) is 0 Å². The third-order valence-corrected chi connectivity index (χ3v) is 6.02. The zero-order valence-electron chi connectivity index (χ0n) is 18.1. The summed E-state index contributed by atoms with van der Waals surface area (Å²) in [6.45, 7) is 3.33. The second kappa shape index (κ2) is 11.7. The molecule has 2 aromatic rings. The molecule has 5 heteroatoms. The minimum Gasteiger partial charge on any atom is -0.355 e. The van der Waals surface area contributed by atoms with Crippen LogP contribution in [0.1, 0.15) is 50.2 Å². The second-order valence-corrected chi connectivity index (χ2v) is 8.36. The lowest BCUT2D eigenvalue weighted by Gasteiger charge is -2.29. The summed E-state index contributed by atoms with van der Waals surface area (Å²) >= 11 is 6.23. The molecular formula is C26H31ClN2O2. The SMILES string of the molecule is CCCCN1C(=O)CCCC(C(=O)NCCc2ccccc2Cl)/C=C\1c1ccccc1. The summed E-state index contributed by atoms with van der Waals surface area (Å²) in [6, 6.07) is 17.6. The van der Waals surface area contributed by atoms with Crippen molar-refractivity contribution in [2.75, 3.05) is 13.1 Å². The van der Waals surface area contributed by atoms with Gasteiger partial charge in [-0.15, -0.1) is 0 Å². The third kappa shape index (κ3) is 6.44. The van der Waals surface area contributed by atoms with Crippen molar-refractivity contribution in [3.63, 3.8) is 0 Å². The number of nitrogens with one attached hydrogen (secondary N) is 1. The van der Waals surface area contributed by atoms with Gasteiger partial charge in [0, 0.05) is 30.2 Å². The smallest absolute Gasteiger partial charge is 0.227 e. The van der Waals surface area contributed by atoms with E-state index in [4.69, 9.17) is 11.6 Å². The van der Waals surface area contributed by atoms with Gasteiger partial charge in [-0.1, -0.05) is 73.5 Å². The highest BCUT2D eigenvalue weighted by molar-refractivity contribution is 6.31. The zero-order chi connectivity index (χ0) is 22.1. The Balaban J connectivity index is 1.78. The monoisotopic (exact) mass is 438 g/mol. The Hall–Kier alpha value is -2.59. The molecule has 164 valence electrons. The Morgan fingerprint density at radius 3 is 2.61 bits per heavy atom. The van der Waals surface area contributed by atoms with Crippen LogP contribution in [-0.4, -0.2) is 29.8 Å². The molecule has 0 saturated heterocycles. The number of nitrogens with zero attached hydrogens (tertiary/aromatic N) is 1. The number of hydrogen-bond donors (Lipinski definition) is 1. The second-order valence-electron chi connectivity index (χ2n) is 7.95. The molecule has 1 aliphatic heterocycles. The Morgan fingerprint density at radius 1 is 1.13 bits per heavy atom. The quantitative estimate of drug-likeness (QED) is 0.594. The zero-order valence-corrected chi connectivity index (χ0v) is 18.9. The van der Waals surface area contributed by atoms with E-state index in [0.29, 0.717) is 38.8 Å². The van der Waals surface area contributed by atoms with Crippen LogP contribution in [0.5, 0.6) is 0 Å². The van der Waals surface area contributed by atoms with E-state index in [9.17, 15) is 9.59 Å². The first-order valence-corrected chi connectivity index (χ1v) is 11.6. The van der Waals surface area contributed by atoms with Crippen molar-refractivity contribution in [3.05, 3.63) is 76.8 Å². The predicted octanol–water partition coefficient (Wildman–Crippen LogP) is 5.47. The van der Waals surface area contributed by atoms with E-state index < -0.39 is 0 Å². The Kier molecular flexibility index (Phi) is 8.72. The first-order valence-electron chi connectivity index (χ1n) is 11.2. The molecule has 0 fully saturated rings. The molecule has 0 bridgehead atoms. The van der Waals surface area contributed by atoms with Crippen LogP contribution in [-0.2, 0) is 16.0 Å². The van der Waals surface area contributed by atoms with E-state index in [2.05, 4.69) is 12.2 Å². The average Bonchev–Trinajstić information content (AvgIpc) is 2.77. The molecule has 0 aromatic heterocycles. The molecule has 0 aliphatic carbocycles. The lowest BCUT2D eigenvalue weighted by molar-refractivity contribution is -0.129. The highest BCUT2D eigenvalue weighted by Crippen LogP contribution is 2.28. The molecule has 1 atom stereocenters. The van der Waals surface area contributed by atoms with Gasteiger partial charge in [-0.05, 0) is 49.0 Å². The summed E-state index contributed by atoms with van der Waals surface area (Å²) in [5, 5.41) is 3.79. The van der Waals surface area contributed by atoms with E-state index in [1.54, 1.807) is 0 Å². The topological polar surface area (TPSA) is 49.4 Å². The summed E-state index contributed by atoms with van der Waals surface area (Å²) < 4.78 is 0. The molecule has 2 amide bonds. The van der Waals surface area contributed by atoms with Crippen LogP contribution < -0.4 is 5.32 Å². The Bertz CT molecular complexity index is 911. The summed E-state index contributed by atoms with van der Waals surface area (Å²) in [5.41, 5.74) is 2.85. The highest BCUT2D eigenvalue weighted by Gasteiger charge is 2.26. The van der Waals surface area contributed by atoms with Crippen molar-refractivity contribution in [1.82, 2.24) is 10.2 Å². The first-order chi connectivity index (χ1) is 15.1. The molecule has 1 aliphatic rings. The lowest BCUT2D eigenvalue weighted by Crippen LogP contribution is -2.36. The maximum Gasteiger partial charge on any atom is 0.227 e. The number of carbonyl (C=O) groups is 2. The van der Waals surface area contributed by atoms with Crippen molar-refractivity contribution in [2.45, 2.75) is 45.4 Å². The molecule has 2 aromatic carbocycles. The fourth-order valence-electron chi connectivity index (χ4n) is 3.89. The van der Waals surface area contributed by atoms with Gasteiger partial charge in [0.25, 0.3) is 0 Å². The molecule has 1 unspecified atom stereocenters. The number of carbonyl (C=O) groups excluding carboxylic acids is 2. The van der Waals surface area contributed by atoms with Crippen LogP contribution in [0.2, 0.25) is 5.02 Å². The van der Waals surface area contributed by atoms with E-state index in [1.165, 1.54) is 0 Å². The van der Waals surface area contributed by atoms with Gasteiger partial charge in [0.2, 0.25) is 11.8 Å². The average molecular weight is 439 g/mol. The molecule has 3 rings (SSSR count). The summed E-state index contributed by atoms with van der Waals surface area (Å²) in [6.07, 6.45) is 6.48. The van der Waals surface area contributed by atoms with Crippen molar-refractivity contribution in [2.24, 2.45) is 5.92 Å². The third-order valence-electron chi connectivity index (χ3n) is 5.65. The molecule has 4 nitrogen and oxygen atoms in total. The molecule has 1 N–H and O–H groups in total. The molecular weight excluding hydrogens is 408 g/mol. The van der Waals surface area contributed by atoms with Crippen LogP contribution in [0.25, 0.3) is 5.70 Å². The van der Waals surface area contributed by atoms with Gasteiger partial charge in [0.05, 0.1) is 5.92 Å². The number of rotatable bonds is 8. The van der Waals surface area contributed by atoms with Gasteiger partial charge < -0.3 is 10.2 Å². The number of benzene rings is 2. The van der Waals surface area contributed by atoms with Crippen LogP contribution in [0, 0.1) is 5.92 Å².